The number of hydrogen-bond acceptors (Lipinski definition) is 2. The van der Waals surface area contributed by atoms with Crippen LogP contribution in [0.4, 0.5) is 10.1 Å². The molecular weight excluding hydrogens is 283 g/mol. The van der Waals surface area contributed by atoms with Gasteiger partial charge in [0.05, 0.1) is 4.47 Å². The highest BCUT2D eigenvalue weighted by atomic mass is 79.9. The predicted octanol–water partition coefficient (Wildman–Crippen LogP) is 3.90. The Labute approximate surface area is 108 Å². The lowest BCUT2D eigenvalue weighted by Gasteiger charge is -2.07. The van der Waals surface area contributed by atoms with Crippen LogP contribution >= 0.6 is 15.9 Å². The first-order valence-corrected chi connectivity index (χ1v) is 6.04. The Hall–Kier alpha value is -1.42. The number of benzene rings is 1. The molecule has 0 aliphatic carbocycles. The standard InChI is InChI=1S/C13H12BrFN2/c1-9-4-10(7-16-6-9)8-17-11-2-3-13(15)12(14)5-11/h2-7,17H,8H2,1H3. The van der Waals surface area contributed by atoms with Crippen LogP contribution in [-0.4, -0.2) is 4.98 Å². The molecule has 1 aromatic heterocycles. The molecule has 1 N–H and O–H groups in total. The van der Waals surface area contributed by atoms with Gasteiger partial charge in [-0.15, -0.1) is 0 Å². The van der Waals surface area contributed by atoms with Crippen molar-refractivity contribution in [2.24, 2.45) is 0 Å². The van der Waals surface area contributed by atoms with Crippen molar-refractivity contribution in [1.82, 2.24) is 4.98 Å². The number of nitrogens with zero attached hydrogens (tertiary/aromatic N) is 1. The average Bonchev–Trinajstić information content (AvgIpc) is 2.31. The fraction of sp³-hybridized carbons (Fsp3) is 0.154. The molecule has 0 unspecified atom stereocenters. The van der Waals surface area contributed by atoms with Crippen molar-refractivity contribution in [2.75, 3.05) is 5.32 Å². The number of halogens is 2. The molecule has 2 aromatic rings. The van der Waals surface area contributed by atoms with Crippen molar-refractivity contribution in [3.05, 3.63) is 58.1 Å². The maximum atomic E-state index is 13.0. The first-order chi connectivity index (χ1) is 8.15. The fourth-order valence-electron chi connectivity index (χ4n) is 1.52. The molecule has 0 saturated heterocycles. The minimum Gasteiger partial charge on any atom is -0.381 e. The van der Waals surface area contributed by atoms with E-state index in [-0.39, 0.29) is 5.82 Å². The molecular formula is C13H12BrFN2. The van der Waals surface area contributed by atoms with Gasteiger partial charge in [-0.25, -0.2) is 4.39 Å². The van der Waals surface area contributed by atoms with Gasteiger partial charge in [-0.3, -0.25) is 4.98 Å². The van der Waals surface area contributed by atoms with Crippen molar-refractivity contribution < 1.29 is 4.39 Å². The van der Waals surface area contributed by atoms with Crippen LogP contribution in [-0.2, 0) is 6.54 Å². The van der Waals surface area contributed by atoms with Crippen LogP contribution in [0.5, 0.6) is 0 Å². The van der Waals surface area contributed by atoms with Crippen molar-refractivity contribution in [3.8, 4) is 0 Å². The molecule has 0 fully saturated rings. The summed E-state index contributed by atoms with van der Waals surface area (Å²) < 4.78 is 13.5. The van der Waals surface area contributed by atoms with Gasteiger partial charge < -0.3 is 5.32 Å². The van der Waals surface area contributed by atoms with Gasteiger partial charge in [0.15, 0.2) is 0 Å². The summed E-state index contributed by atoms with van der Waals surface area (Å²) in [6, 6.07) is 6.93. The van der Waals surface area contributed by atoms with E-state index in [0.717, 1.165) is 16.8 Å². The lowest BCUT2D eigenvalue weighted by molar-refractivity contribution is 0.621. The van der Waals surface area contributed by atoms with Gasteiger partial charge in [0.1, 0.15) is 5.82 Å². The molecule has 2 rings (SSSR count). The first kappa shape index (κ1) is 12.0. The van der Waals surface area contributed by atoms with Gasteiger partial charge in [-0.05, 0) is 52.2 Å². The molecule has 2 nitrogen and oxygen atoms in total. The number of aryl methyl sites for hydroxylation is 1. The molecule has 0 aliphatic heterocycles. The Morgan fingerprint density at radius 3 is 2.82 bits per heavy atom. The quantitative estimate of drug-likeness (QED) is 0.928. The van der Waals surface area contributed by atoms with E-state index in [1.165, 1.54) is 6.07 Å². The molecule has 0 bridgehead atoms. The monoisotopic (exact) mass is 294 g/mol. The zero-order valence-corrected chi connectivity index (χ0v) is 11.0. The molecule has 0 atom stereocenters. The maximum Gasteiger partial charge on any atom is 0.137 e. The Morgan fingerprint density at radius 1 is 1.29 bits per heavy atom. The summed E-state index contributed by atoms with van der Waals surface area (Å²) in [6.07, 6.45) is 3.64. The van der Waals surface area contributed by atoms with E-state index in [0.29, 0.717) is 11.0 Å². The smallest absolute Gasteiger partial charge is 0.137 e. The number of rotatable bonds is 3. The molecule has 1 aromatic carbocycles. The molecule has 1 heterocycles. The molecule has 4 heteroatoms. The van der Waals surface area contributed by atoms with Gasteiger partial charge in [0, 0.05) is 24.6 Å². The summed E-state index contributed by atoms with van der Waals surface area (Å²) in [4.78, 5) is 4.12. The SMILES string of the molecule is Cc1cncc(CNc2ccc(F)c(Br)c2)c1. The maximum absolute atomic E-state index is 13.0. The lowest BCUT2D eigenvalue weighted by Crippen LogP contribution is -2.00. The van der Waals surface area contributed by atoms with E-state index in [9.17, 15) is 4.39 Å². The Balaban J connectivity index is 2.05. The van der Waals surface area contributed by atoms with Gasteiger partial charge in [-0.1, -0.05) is 6.07 Å². The zero-order valence-electron chi connectivity index (χ0n) is 9.37. The van der Waals surface area contributed by atoms with Crippen LogP contribution in [0, 0.1) is 12.7 Å². The molecule has 0 spiro atoms. The Bertz CT molecular complexity index is 529. The van der Waals surface area contributed by atoms with Crippen LogP contribution in [0.15, 0.2) is 41.1 Å². The molecule has 0 radical (unpaired) electrons. The minimum atomic E-state index is -0.257. The zero-order chi connectivity index (χ0) is 12.3. The van der Waals surface area contributed by atoms with E-state index < -0.39 is 0 Å². The van der Waals surface area contributed by atoms with E-state index in [1.54, 1.807) is 12.1 Å². The second-order valence-corrected chi connectivity index (χ2v) is 4.71. The summed E-state index contributed by atoms with van der Waals surface area (Å²) in [5.41, 5.74) is 3.11. The lowest BCUT2D eigenvalue weighted by atomic mass is 10.2. The van der Waals surface area contributed by atoms with Gasteiger partial charge in [-0.2, -0.15) is 0 Å². The van der Waals surface area contributed by atoms with E-state index >= 15 is 0 Å². The van der Waals surface area contributed by atoms with E-state index in [1.807, 2.05) is 19.3 Å². The first-order valence-electron chi connectivity index (χ1n) is 5.24. The topological polar surface area (TPSA) is 24.9 Å². The van der Waals surface area contributed by atoms with Crippen LogP contribution in [0.25, 0.3) is 0 Å². The highest BCUT2D eigenvalue weighted by Crippen LogP contribution is 2.20. The summed E-state index contributed by atoms with van der Waals surface area (Å²) >= 11 is 3.16. The van der Waals surface area contributed by atoms with Gasteiger partial charge in [0.25, 0.3) is 0 Å². The third-order valence-corrected chi connectivity index (χ3v) is 2.96. The largest absolute Gasteiger partial charge is 0.381 e. The third kappa shape index (κ3) is 3.27. The number of nitrogens with one attached hydrogen (secondary N) is 1. The highest BCUT2D eigenvalue weighted by Gasteiger charge is 2.00. The number of pyridine rings is 1. The van der Waals surface area contributed by atoms with Crippen LogP contribution in [0.2, 0.25) is 0 Å². The Kier molecular flexibility index (Phi) is 3.74. The van der Waals surface area contributed by atoms with Crippen molar-refractivity contribution in [2.45, 2.75) is 13.5 Å². The van der Waals surface area contributed by atoms with E-state index in [4.69, 9.17) is 0 Å². The minimum absolute atomic E-state index is 0.257. The Morgan fingerprint density at radius 2 is 2.12 bits per heavy atom. The number of hydrogen-bond donors (Lipinski definition) is 1. The van der Waals surface area contributed by atoms with Gasteiger partial charge >= 0.3 is 0 Å². The number of aromatic nitrogens is 1. The second kappa shape index (κ2) is 5.27. The summed E-state index contributed by atoms with van der Waals surface area (Å²) in [6.45, 7) is 2.68. The van der Waals surface area contributed by atoms with Crippen LogP contribution in [0.3, 0.4) is 0 Å². The average molecular weight is 295 g/mol. The summed E-state index contributed by atoms with van der Waals surface area (Å²) in [7, 11) is 0. The van der Waals surface area contributed by atoms with Crippen LogP contribution < -0.4 is 5.32 Å². The number of anilines is 1. The van der Waals surface area contributed by atoms with Gasteiger partial charge in [0.2, 0.25) is 0 Å². The fourth-order valence-corrected chi connectivity index (χ4v) is 1.90. The molecule has 88 valence electrons. The highest BCUT2D eigenvalue weighted by molar-refractivity contribution is 9.10. The molecule has 0 aliphatic rings. The van der Waals surface area contributed by atoms with Crippen molar-refractivity contribution >= 4 is 21.6 Å². The molecule has 0 saturated carbocycles. The van der Waals surface area contributed by atoms with Crippen LogP contribution in [0.1, 0.15) is 11.1 Å². The van der Waals surface area contributed by atoms with E-state index in [2.05, 4.69) is 32.3 Å². The summed E-state index contributed by atoms with van der Waals surface area (Å²) in [5, 5.41) is 3.22. The molecule has 0 amide bonds. The second-order valence-electron chi connectivity index (χ2n) is 3.85. The normalized spacial score (nSPS) is 10.3. The molecule has 17 heavy (non-hydrogen) atoms. The third-order valence-electron chi connectivity index (χ3n) is 2.35. The van der Waals surface area contributed by atoms with Crippen molar-refractivity contribution in [1.29, 1.82) is 0 Å². The predicted molar refractivity (Wildman–Crippen MR) is 70.4 cm³/mol. The van der Waals surface area contributed by atoms with Crippen molar-refractivity contribution in [3.63, 3.8) is 0 Å². The summed E-state index contributed by atoms with van der Waals surface area (Å²) in [5.74, 6) is -0.257.